The second-order valence-corrected chi connectivity index (χ2v) is 5.40. The number of hydrogen-bond donors (Lipinski definition) is 2. The minimum atomic E-state index is -0.253. The van der Waals surface area contributed by atoms with E-state index in [1.165, 1.54) is 0 Å². The van der Waals surface area contributed by atoms with E-state index in [4.69, 9.17) is 23.2 Å². The quantitative estimate of drug-likeness (QED) is 0.858. The summed E-state index contributed by atoms with van der Waals surface area (Å²) in [6, 6.07) is 12.5. The van der Waals surface area contributed by atoms with Crippen LogP contribution in [0, 0.1) is 0 Å². The first-order valence-electron chi connectivity index (χ1n) is 6.66. The maximum atomic E-state index is 12.2. The van der Waals surface area contributed by atoms with Gasteiger partial charge in [-0.15, -0.1) is 0 Å². The van der Waals surface area contributed by atoms with E-state index in [9.17, 15) is 4.79 Å². The van der Waals surface area contributed by atoms with Crippen molar-refractivity contribution >= 4 is 34.8 Å². The number of hydrogen-bond acceptors (Lipinski definition) is 2. The molecule has 2 rings (SSSR count). The van der Waals surface area contributed by atoms with Gasteiger partial charge in [0.05, 0.1) is 10.6 Å². The molecule has 1 amide bonds. The number of carbonyl (C=O) groups excluding carboxylic acids is 1. The van der Waals surface area contributed by atoms with Crippen LogP contribution in [-0.4, -0.2) is 12.5 Å². The van der Waals surface area contributed by atoms with Crippen molar-refractivity contribution < 1.29 is 4.79 Å². The summed E-state index contributed by atoms with van der Waals surface area (Å²) in [6.07, 6.45) is 0. The summed E-state index contributed by atoms with van der Waals surface area (Å²) in [4.78, 5) is 12.2. The molecule has 0 aliphatic carbocycles. The van der Waals surface area contributed by atoms with Crippen LogP contribution >= 0.6 is 23.2 Å². The molecule has 0 heterocycles. The first kappa shape index (κ1) is 15.8. The lowest BCUT2D eigenvalue weighted by Crippen LogP contribution is -2.14. The highest BCUT2D eigenvalue weighted by molar-refractivity contribution is 6.37. The predicted molar refractivity (Wildman–Crippen MR) is 88.2 cm³/mol. The topological polar surface area (TPSA) is 41.1 Å². The van der Waals surface area contributed by atoms with Crippen LogP contribution in [0.3, 0.4) is 0 Å². The van der Waals surface area contributed by atoms with Crippen molar-refractivity contribution in [2.45, 2.75) is 13.5 Å². The van der Waals surface area contributed by atoms with E-state index in [0.29, 0.717) is 15.6 Å². The lowest BCUT2D eigenvalue weighted by molar-refractivity contribution is 0.102. The number of carbonyl (C=O) groups is 1. The van der Waals surface area contributed by atoms with E-state index in [-0.39, 0.29) is 5.91 Å². The lowest BCUT2D eigenvalue weighted by atomic mass is 10.1. The van der Waals surface area contributed by atoms with Crippen LogP contribution < -0.4 is 10.6 Å². The van der Waals surface area contributed by atoms with Gasteiger partial charge in [-0.3, -0.25) is 4.79 Å². The molecule has 0 atom stereocenters. The van der Waals surface area contributed by atoms with Gasteiger partial charge in [0.1, 0.15) is 0 Å². The van der Waals surface area contributed by atoms with Crippen molar-refractivity contribution in [3.05, 3.63) is 63.6 Å². The molecule has 110 valence electrons. The molecule has 0 bridgehead atoms. The Hall–Kier alpha value is -1.55. The van der Waals surface area contributed by atoms with Crippen molar-refractivity contribution in [2.75, 3.05) is 11.9 Å². The lowest BCUT2D eigenvalue weighted by Gasteiger charge is -2.09. The van der Waals surface area contributed by atoms with Crippen LogP contribution in [-0.2, 0) is 6.54 Å². The molecule has 5 heteroatoms. The second kappa shape index (κ2) is 7.46. The number of benzene rings is 2. The van der Waals surface area contributed by atoms with Gasteiger partial charge in [-0.25, -0.2) is 0 Å². The monoisotopic (exact) mass is 322 g/mol. The Morgan fingerprint density at radius 2 is 1.95 bits per heavy atom. The summed E-state index contributed by atoms with van der Waals surface area (Å²) < 4.78 is 0. The summed E-state index contributed by atoms with van der Waals surface area (Å²) in [5, 5.41) is 6.93. The Morgan fingerprint density at radius 1 is 1.14 bits per heavy atom. The molecule has 0 radical (unpaired) electrons. The van der Waals surface area contributed by atoms with E-state index in [1.807, 2.05) is 31.2 Å². The maximum absolute atomic E-state index is 12.2. The molecule has 21 heavy (non-hydrogen) atoms. The van der Waals surface area contributed by atoms with Gasteiger partial charge < -0.3 is 10.6 Å². The van der Waals surface area contributed by atoms with Gasteiger partial charge in [0.15, 0.2) is 0 Å². The largest absolute Gasteiger partial charge is 0.322 e. The summed E-state index contributed by atoms with van der Waals surface area (Å²) in [7, 11) is 0. The van der Waals surface area contributed by atoms with Gasteiger partial charge in [0.25, 0.3) is 5.91 Å². The van der Waals surface area contributed by atoms with E-state index in [1.54, 1.807) is 18.2 Å². The average Bonchev–Trinajstić information content (AvgIpc) is 2.45. The Bertz CT molecular complexity index is 644. The average molecular weight is 323 g/mol. The maximum Gasteiger partial charge on any atom is 0.257 e. The highest BCUT2D eigenvalue weighted by Gasteiger charge is 2.11. The fraction of sp³-hybridized carbons (Fsp3) is 0.188. The van der Waals surface area contributed by atoms with E-state index < -0.39 is 0 Å². The Labute approximate surface area is 134 Å². The summed E-state index contributed by atoms with van der Waals surface area (Å²) in [5.41, 5.74) is 2.25. The van der Waals surface area contributed by atoms with E-state index >= 15 is 0 Å². The molecule has 0 aromatic heterocycles. The van der Waals surface area contributed by atoms with Gasteiger partial charge in [-0.2, -0.15) is 0 Å². The third-order valence-electron chi connectivity index (χ3n) is 2.94. The van der Waals surface area contributed by atoms with Gasteiger partial charge in [-0.1, -0.05) is 42.3 Å². The molecule has 0 saturated heterocycles. The number of rotatable bonds is 5. The van der Waals surface area contributed by atoms with Crippen molar-refractivity contribution in [3.63, 3.8) is 0 Å². The summed E-state index contributed by atoms with van der Waals surface area (Å²) >= 11 is 11.9. The summed E-state index contributed by atoms with van der Waals surface area (Å²) in [6.45, 7) is 3.72. The van der Waals surface area contributed by atoms with Crippen molar-refractivity contribution in [2.24, 2.45) is 0 Å². The van der Waals surface area contributed by atoms with Crippen LogP contribution in [0.4, 0.5) is 5.69 Å². The van der Waals surface area contributed by atoms with Gasteiger partial charge in [0, 0.05) is 17.3 Å². The third-order valence-corrected chi connectivity index (χ3v) is 3.49. The zero-order valence-corrected chi connectivity index (χ0v) is 13.1. The zero-order valence-electron chi connectivity index (χ0n) is 11.6. The van der Waals surface area contributed by atoms with Crippen LogP contribution in [0.2, 0.25) is 10.0 Å². The van der Waals surface area contributed by atoms with Gasteiger partial charge >= 0.3 is 0 Å². The van der Waals surface area contributed by atoms with E-state index in [2.05, 4.69) is 10.6 Å². The van der Waals surface area contributed by atoms with Crippen molar-refractivity contribution in [1.29, 1.82) is 0 Å². The highest BCUT2D eigenvalue weighted by Crippen LogP contribution is 2.22. The third kappa shape index (κ3) is 4.46. The molecule has 3 nitrogen and oxygen atoms in total. The minimum Gasteiger partial charge on any atom is -0.322 e. The first-order valence-corrected chi connectivity index (χ1v) is 7.42. The zero-order chi connectivity index (χ0) is 15.2. The van der Waals surface area contributed by atoms with Gasteiger partial charge in [0.2, 0.25) is 0 Å². The SMILES string of the molecule is CCNCc1cccc(NC(=O)c2ccc(Cl)cc2Cl)c1. The molecule has 0 fully saturated rings. The molecule has 2 aromatic rings. The van der Waals surface area contributed by atoms with Crippen molar-refractivity contribution in [3.8, 4) is 0 Å². The van der Waals surface area contributed by atoms with Crippen molar-refractivity contribution in [1.82, 2.24) is 5.32 Å². The predicted octanol–water partition coefficient (Wildman–Crippen LogP) is 4.36. The number of nitrogens with one attached hydrogen (secondary N) is 2. The van der Waals surface area contributed by atoms with Crippen LogP contribution in [0.15, 0.2) is 42.5 Å². The number of halogens is 2. The molecular formula is C16H16Cl2N2O. The smallest absolute Gasteiger partial charge is 0.257 e. The first-order chi connectivity index (χ1) is 10.1. The molecule has 0 aliphatic heterocycles. The molecule has 0 unspecified atom stereocenters. The Morgan fingerprint density at radius 3 is 2.67 bits per heavy atom. The number of anilines is 1. The normalized spacial score (nSPS) is 10.4. The second-order valence-electron chi connectivity index (χ2n) is 4.56. The standard InChI is InChI=1S/C16H16Cl2N2O/c1-2-19-10-11-4-3-5-13(8-11)20-16(21)14-7-6-12(17)9-15(14)18/h3-9,19H,2,10H2,1H3,(H,20,21). The van der Waals surface area contributed by atoms with Crippen LogP contribution in [0.1, 0.15) is 22.8 Å². The van der Waals surface area contributed by atoms with Gasteiger partial charge in [-0.05, 0) is 42.4 Å². The summed E-state index contributed by atoms with van der Waals surface area (Å²) in [5.74, 6) is -0.253. The number of amides is 1. The molecule has 2 aromatic carbocycles. The fourth-order valence-corrected chi connectivity index (χ4v) is 2.39. The molecule has 2 N–H and O–H groups in total. The Kier molecular flexibility index (Phi) is 5.62. The molecule has 0 saturated carbocycles. The highest BCUT2D eigenvalue weighted by atomic mass is 35.5. The van der Waals surface area contributed by atoms with Crippen LogP contribution in [0.25, 0.3) is 0 Å². The van der Waals surface area contributed by atoms with E-state index in [0.717, 1.165) is 24.3 Å². The molecule has 0 spiro atoms. The molecule has 0 aliphatic rings. The fourth-order valence-electron chi connectivity index (χ4n) is 1.90. The van der Waals surface area contributed by atoms with Crippen LogP contribution in [0.5, 0.6) is 0 Å². The Balaban J connectivity index is 2.12. The minimum absolute atomic E-state index is 0.253. The molecular weight excluding hydrogens is 307 g/mol.